The molecule has 0 amide bonds. The van der Waals surface area contributed by atoms with Gasteiger partial charge in [-0.2, -0.15) is 5.10 Å². The second-order valence-electron chi connectivity index (χ2n) is 5.27. The van der Waals surface area contributed by atoms with E-state index in [2.05, 4.69) is 5.10 Å². The van der Waals surface area contributed by atoms with Gasteiger partial charge in [0.25, 0.3) is 0 Å². The van der Waals surface area contributed by atoms with Crippen LogP contribution in [0.15, 0.2) is 6.07 Å². The fraction of sp³-hybridized carbons (Fsp3) is 0.692. The lowest BCUT2D eigenvalue weighted by Crippen LogP contribution is -2.17. The van der Waals surface area contributed by atoms with Crippen LogP contribution in [0.4, 0.5) is 0 Å². The highest BCUT2D eigenvalue weighted by atomic mass is 16.4. The van der Waals surface area contributed by atoms with Gasteiger partial charge in [-0.3, -0.25) is 4.68 Å². The second kappa shape index (κ2) is 4.17. The first-order valence-corrected chi connectivity index (χ1v) is 6.58. The largest absolute Gasteiger partial charge is 0.476 e. The zero-order valence-electron chi connectivity index (χ0n) is 9.93. The van der Waals surface area contributed by atoms with E-state index in [1.807, 2.05) is 4.68 Å². The van der Waals surface area contributed by atoms with Crippen molar-refractivity contribution in [2.45, 2.75) is 56.9 Å². The number of carboxylic acid groups (broad SMARTS) is 1. The van der Waals surface area contributed by atoms with E-state index < -0.39 is 5.97 Å². The molecule has 1 N–H and O–H groups in total. The Morgan fingerprint density at radius 3 is 2.47 bits per heavy atom. The molecule has 1 aromatic rings. The van der Waals surface area contributed by atoms with Crippen molar-refractivity contribution in [1.82, 2.24) is 9.78 Å². The summed E-state index contributed by atoms with van der Waals surface area (Å²) in [5.41, 5.74) is 1.39. The van der Waals surface area contributed by atoms with Gasteiger partial charge in [0.05, 0.1) is 6.04 Å². The van der Waals surface area contributed by atoms with Crippen LogP contribution in [0.25, 0.3) is 0 Å². The van der Waals surface area contributed by atoms with Gasteiger partial charge in [0, 0.05) is 11.6 Å². The van der Waals surface area contributed by atoms with Gasteiger partial charge in [-0.1, -0.05) is 19.3 Å². The predicted octanol–water partition coefficient (Wildman–Crippen LogP) is 2.96. The quantitative estimate of drug-likeness (QED) is 0.874. The maximum atomic E-state index is 11.0. The Morgan fingerprint density at radius 2 is 1.94 bits per heavy atom. The van der Waals surface area contributed by atoms with Crippen LogP contribution >= 0.6 is 0 Å². The van der Waals surface area contributed by atoms with Crippen molar-refractivity contribution in [1.29, 1.82) is 0 Å². The lowest BCUT2D eigenvalue weighted by atomic mass is 9.82. The van der Waals surface area contributed by atoms with E-state index in [0.717, 1.165) is 12.8 Å². The van der Waals surface area contributed by atoms with E-state index in [4.69, 9.17) is 5.11 Å². The van der Waals surface area contributed by atoms with Crippen molar-refractivity contribution in [2.75, 3.05) is 0 Å². The van der Waals surface area contributed by atoms with Crippen LogP contribution in [0, 0.1) is 0 Å². The van der Waals surface area contributed by atoms with Gasteiger partial charge in [0.15, 0.2) is 5.69 Å². The summed E-state index contributed by atoms with van der Waals surface area (Å²) in [6.07, 6.45) is 8.45. The third kappa shape index (κ3) is 1.85. The molecule has 4 nitrogen and oxygen atoms in total. The summed E-state index contributed by atoms with van der Waals surface area (Å²) >= 11 is 0. The zero-order chi connectivity index (χ0) is 11.8. The minimum atomic E-state index is -0.901. The summed E-state index contributed by atoms with van der Waals surface area (Å²) in [7, 11) is 0. The Bertz CT molecular complexity index is 429. The average molecular weight is 234 g/mol. The Morgan fingerprint density at radius 1 is 1.24 bits per heavy atom. The Labute approximate surface area is 101 Å². The summed E-state index contributed by atoms with van der Waals surface area (Å²) in [4.78, 5) is 11.0. The Kier molecular flexibility index (Phi) is 2.65. The first-order chi connectivity index (χ1) is 8.25. The van der Waals surface area contributed by atoms with E-state index >= 15 is 0 Å². The van der Waals surface area contributed by atoms with Gasteiger partial charge < -0.3 is 5.11 Å². The number of hydrogen-bond donors (Lipinski definition) is 1. The predicted molar refractivity (Wildman–Crippen MR) is 63.3 cm³/mol. The van der Waals surface area contributed by atoms with Crippen LogP contribution in [-0.4, -0.2) is 20.9 Å². The molecule has 1 heterocycles. The SMILES string of the molecule is O=C(O)c1cc(C2CCC2)n(C2CCCC2)n1. The van der Waals surface area contributed by atoms with Crippen LogP contribution < -0.4 is 0 Å². The van der Waals surface area contributed by atoms with Gasteiger partial charge in [-0.25, -0.2) is 4.79 Å². The van der Waals surface area contributed by atoms with E-state index in [1.165, 1.54) is 37.8 Å². The lowest BCUT2D eigenvalue weighted by molar-refractivity contribution is 0.0689. The lowest BCUT2D eigenvalue weighted by Gasteiger charge is -2.27. The molecule has 0 radical (unpaired) electrons. The minimum absolute atomic E-state index is 0.221. The number of aromatic nitrogens is 2. The van der Waals surface area contributed by atoms with E-state index in [-0.39, 0.29) is 5.69 Å². The van der Waals surface area contributed by atoms with Crippen molar-refractivity contribution >= 4 is 5.97 Å². The molecule has 0 spiro atoms. The van der Waals surface area contributed by atoms with Crippen LogP contribution in [0.5, 0.6) is 0 Å². The van der Waals surface area contributed by atoms with Gasteiger partial charge in [0.2, 0.25) is 0 Å². The van der Waals surface area contributed by atoms with Crippen LogP contribution in [-0.2, 0) is 0 Å². The summed E-state index contributed by atoms with van der Waals surface area (Å²) < 4.78 is 2.03. The number of aromatic carboxylic acids is 1. The topological polar surface area (TPSA) is 55.1 Å². The molecule has 0 saturated heterocycles. The van der Waals surface area contributed by atoms with Crippen LogP contribution in [0.1, 0.15) is 73.1 Å². The van der Waals surface area contributed by atoms with Crippen LogP contribution in [0.2, 0.25) is 0 Å². The van der Waals surface area contributed by atoms with Crippen molar-refractivity contribution in [2.24, 2.45) is 0 Å². The molecule has 3 rings (SSSR count). The molecule has 0 unspecified atom stereocenters. The molecule has 0 aliphatic heterocycles. The molecule has 92 valence electrons. The van der Waals surface area contributed by atoms with Crippen LogP contribution in [0.3, 0.4) is 0 Å². The monoisotopic (exact) mass is 234 g/mol. The van der Waals surface area contributed by atoms with Gasteiger partial charge in [-0.15, -0.1) is 0 Å². The number of carbonyl (C=O) groups is 1. The molecule has 4 heteroatoms. The number of carboxylic acids is 1. The number of rotatable bonds is 3. The fourth-order valence-corrected chi connectivity index (χ4v) is 2.96. The molecule has 0 aromatic carbocycles. The molecular weight excluding hydrogens is 216 g/mol. The van der Waals surface area contributed by atoms with Crippen molar-refractivity contribution < 1.29 is 9.90 Å². The maximum absolute atomic E-state index is 11.0. The first kappa shape index (κ1) is 10.8. The highest BCUT2D eigenvalue weighted by Crippen LogP contribution is 2.40. The van der Waals surface area contributed by atoms with Gasteiger partial charge >= 0.3 is 5.97 Å². The van der Waals surface area contributed by atoms with Gasteiger partial charge in [-0.05, 0) is 31.7 Å². The molecule has 2 aliphatic carbocycles. The van der Waals surface area contributed by atoms with Crippen molar-refractivity contribution in [3.05, 3.63) is 17.5 Å². The smallest absolute Gasteiger partial charge is 0.356 e. The average Bonchev–Trinajstić information content (AvgIpc) is 2.80. The third-order valence-electron chi connectivity index (χ3n) is 4.18. The number of hydrogen-bond acceptors (Lipinski definition) is 2. The molecular formula is C13H18N2O2. The third-order valence-corrected chi connectivity index (χ3v) is 4.18. The standard InChI is InChI=1S/C13H18N2O2/c16-13(17)11-8-12(9-4-3-5-9)15(14-11)10-6-1-2-7-10/h8-10H,1-7H2,(H,16,17). The molecule has 1 aromatic heterocycles. The zero-order valence-corrected chi connectivity index (χ0v) is 9.93. The fourth-order valence-electron chi connectivity index (χ4n) is 2.96. The van der Waals surface area contributed by atoms with E-state index in [0.29, 0.717) is 12.0 Å². The molecule has 0 bridgehead atoms. The van der Waals surface area contributed by atoms with E-state index in [1.54, 1.807) is 6.07 Å². The molecule has 2 saturated carbocycles. The van der Waals surface area contributed by atoms with Gasteiger partial charge in [0.1, 0.15) is 0 Å². The number of nitrogens with zero attached hydrogens (tertiary/aromatic N) is 2. The highest BCUT2D eigenvalue weighted by molar-refractivity contribution is 5.85. The summed E-state index contributed by atoms with van der Waals surface area (Å²) in [5.74, 6) is -0.349. The summed E-state index contributed by atoms with van der Waals surface area (Å²) in [5, 5.41) is 13.4. The normalized spacial score (nSPS) is 21.6. The molecule has 17 heavy (non-hydrogen) atoms. The molecule has 2 aliphatic rings. The Balaban J connectivity index is 1.95. The van der Waals surface area contributed by atoms with Crippen molar-refractivity contribution in [3.63, 3.8) is 0 Å². The summed E-state index contributed by atoms with van der Waals surface area (Å²) in [6, 6.07) is 2.24. The minimum Gasteiger partial charge on any atom is -0.476 e. The molecule has 2 fully saturated rings. The summed E-state index contributed by atoms with van der Waals surface area (Å²) in [6.45, 7) is 0. The maximum Gasteiger partial charge on any atom is 0.356 e. The second-order valence-corrected chi connectivity index (χ2v) is 5.27. The molecule has 0 atom stereocenters. The van der Waals surface area contributed by atoms with Crippen molar-refractivity contribution in [3.8, 4) is 0 Å². The highest BCUT2D eigenvalue weighted by Gasteiger charge is 2.29. The Hall–Kier alpha value is -1.32. The van der Waals surface area contributed by atoms with E-state index in [9.17, 15) is 4.79 Å². The first-order valence-electron chi connectivity index (χ1n) is 6.58.